The molecule has 0 N–H and O–H groups in total. The number of halogens is 1. The third kappa shape index (κ3) is 1.17. The highest BCUT2D eigenvalue weighted by Gasteiger charge is 2.00. The first-order chi connectivity index (χ1) is 5.96. The molecule has 10 heavy (non-hydrogen) atoms. The zero-order valence-electron chi connectivity index (χ0n) is 7.93. The molecule has 0 spiro atoms. The third-order valence-electron chi connectivity index (χ3n) is 1.01. The molecule has 0 radical (unpaired) electrons. The molecule has 0 atom stereocenters. The lowest BCUT2D eigenvalue weighted by Crippen LogP contribution is -1.86. The summed E-state index contributed by atoms with van der Waals surface area (Å²) >= 11 is 3.09. The van der Waals surface area contributed by atoms with Crippen LogP contribution in [0.2, 0.25) is 0 Å². The van der Waals surface area contributed by atoms with Gasteiger partial charge in [-0.25, -0.2) is 0 Å². The molecule has 0 saturated heterocycles. The summed E-state index contributed by atoms with van der Waals surface area (Å²) in [4.78, 5) is 3.67. The quantitative estimate of drug-likeness (QED) is 0.642. The van der Waals surface area contributed by atoms with Crippen molar-refractivity contribution in [3.63, 3.8) is 0 Å². The molecule has 0 aliphatic heterocycles. The zero-order chi connectivity index (χ0) is 10.1. The largest absolute Gasteiger partial charge is 0.260 e. The molecule has 50 valence electrons. The molecule has 0 amide bonds. The topological polar surface area (TPSA) is 36.7 Å². The summed E-state index contributed by atoms with van der Waals surface area (Å²) in [7, 11) is 0. The molecular formula is C7H5BrN2. The van der Waals surface area contributed by atoms with E-state index in [1.54, 1.807) is 6.07 Å². The van der Waals surface area contributed by atoms with Crippen molar-refractivity contribution in [1.29, 1.82) is 5.26 Å². The van der Waals surface area contributed by atoms with Crippen LogP contribution in [0.25, 0.3) is 0 Å². The molecule has 0 unspecified atom stereocenters. The number of nitriles is 1. The van der Waals surface area contributed by atoms with Gasteiger partial charge in [0.05, 0.1) is 11.3 Å². The second-order valence-corrected chi connectivity index (χ2v) is 2.48. The van der Waals surface area contributed by atoms with Gasteiger partial charge in [-0.15, -0.1) is 0 Å². The van der Waals surface area contributed by atoms with Gasteiger partial charge in [0.15, 0.2) is 0 Å². The van der Waals surface area contributed by atoms with E-state index >= 15 is 0 Å². The van der Waals surface area contributed by atoms with E-state index in [1.807, 2.05) is 0 Å². The van der Waals surface area contributed by atoms with Crippen LogP contribution in [0.1, 0.15) is 15.4 Å². The van der Waals surface area contributed by atoms with E-state index in [-0.39, 0.29) is 11.3 Å². The van der Waals surface area contributed by atoms with Gasteiger partial charge < -0.3 is 0 Å². The van der Waals surface area contributed by atoms with Crippen molar-refractivity contribution in [1.82, 2.24) is 4.98 Å². The first-order valence-electron chi connectivity index (χ1n) is 4.02. The Morgan fingerprint density at radius 2 is 2.70 bits per heavy atom. The Hall–Kier alpha value is -0.880. The number of hydrogen-bond donors (Lipinski definition) is 0. The maximum Gasteiger partial charge on any atom is 0.102 e. The van der Waals surface area contributed by atoms with Gasteiger partial charge in [0.2, 0.25) is 0 Å². The highest BCUT2D eigenvalue weighted by atomic mass is 79.9. The Morgan fingerprint density at radius 1 is 1.90 bits per heavy atom. The van der Waals surface area contributed by atoms with Gasteiger partial charge in [0.1, 0.15) is 6.07 Å². The average Bonchev–Trinajstić information content (AvgIpc) is 2.02. The fourth-order valence-electron chi connectivity index (χ4n) is 0.545. The summed E-state index contributed by atoms with van der Waals surface area (Å²) in [5.41, 5.74) is -0.0909. The molecule has 0 aliphatic rings. The lowest BCUT2D eigenvalue weighted by Gasteiger charge is -1.95. The van der Waals surface area contributed by atoms with Crippen LogP contribution in [0.3, 0.4) is 0 Å². The molecule has 2 nitrogen and oxygen atoms in total. The maximum atomic E-state index is 8.69. The van der Waals surface area contributed by atoms with Crippen LogP contribution in [-0.2, 0) is 0 Å². The minimum absolute atomic E-state index is 0.0718. The Bertz CT molecular complexity index is 367. The summed E-state index contributed by atoms with van der Waals surface area (Å²) in [5, 5.41) is 8.69. The fraction of sp³-hybridized carbons (Fsp3) is 0.143. The van der Waals surface area contributed by atoms with Crippen molar-refractivity contribution < 1.29 is 4.11 Å². The van der Waals surface area contributed by atoms with Crippen LogP contribution >= 0.6 is 15.9 Å². The fourth-order valence-corrected chi connectivity index (χ4v) is 0.939. The molecule has 1 rings (SSSR count). The molecule has 0 saturated carbocycles. The lowest BCUT2D eigenvalue weighted by atomic mass is 10.2. The monoisotopic (exact) mass is 199 g/mol. The summed E-state index contributed by atoms with van der Waals surface area (Å²) < 4.78 is 21.8. The summed E-state index contributed by atoms with van der Waals surface area (Å²) in [5.74, 6) is 0. The van der Waals surface area contributed by atoms with Gasteiger partial charge in [-0.3, -0.25) is 4.98 Å². The number of hydrogen-bond acceptors (Lipinski definition) is 2. The summed E-state index contributed by atoms with van der Waals surface area (Å²) in [6, 6.07) is 3.34. The minimum Gasteiger partial charge on any atom is -0.260 e. The molecule has 0 fully saturated rings. The smallest absolute Gasteiger partial charge is 0.102 e. The molecule has 1 aromatic heterocycles. The molecular weight excluding hydrogens is 192 g/mol. The Kier molecular flexibility index (Phi) is 1.15. The van der Waals surface area contributed by atoms with Crippen LogP contribution < -0.4 is 0 Å². The van der Waals surface area contributed by atoms with E-state index in [9.17, 15) is 0 Å². The summed E-state index contributed by atoms with van der Waals surface area (Å²) in [6.07, 6.45) is 1.35. The van der Waals surface area contributed by atoms with Crippen molar-refractivity contribution in [3.8, 4) is 6.07 Å². The predicted molar refractivity (Wildman–Crippen MR) is 41.4 cm³/mol. The van der Waals surface area contributed by atoms with Crippen molar-refractivity contribution in [2.75, 3.05) is 0 Å². The Morgan fingerprint density at radius 3 is 3.20 bits per heavy atom. The van der Waals surface area contributed by atoms with E-state index in [4.69, 9.17) is 9.37 Å². The first-order valence-corrected chi connectivity index (χ1v) is 3.31. The number of aromatic nitrogens is 1. The van der Waals surface area contributed by atoms with Crippen LogP contribution in [0, 0.1) is 18.2 Å². The van der Waals surface area contributed by atoms with Crippen LogP contribution in [-0.4, -0.2) is 4.98 Å². The van der Waals surface area contributed by atoms with E-state index in [0.717, 1.165) is 0 Å². The van der Waals surface area contributed by atoms with E-state index in [2.05, 4.69) is 20.9 Å². The normalized spacial score (nSPS) is 14.6. The molecule has 0 aliphatic carbocycles. The third-order valence-corrected chi connectivity index (χ3v) is 1.67. The Balaban J connectivity index is 3.40. The number of pyridine rings is 1. The van der Waals surface area contributed by atoms with Crippen LogP contribution in [0.4, 0.5) is 0 Å². The maximum absolute atomic E-state index is 8.69. The van der Waals surface area contributed by atoms with Crippen molar-refractivity contribution in [2.24, 2.45) is 0 Å². The van der Waals surface area contributed by atoms with Gasteiger partial charge in [-0.2, -0.15) is 5.26 Å². The van der Waals surface area contributed by atoms with Crippen molar-refractivity contribution in [3.05, 3.63) is 28.0 Å². The minimum atomic E-state index is -2.34. The number of nitrogens with zero attached hydrogens (tertiary/aromatic N) is 2. The SMILES string of the molecule is [2H]C([2H])([2H])c1nccc(Br)c1C#N. The molecule has 1 heterocycles. The summed E-state index contributed by atoms with van der Waals surface area (Å²) in [6.45, 7) is -2.34. The molecule has 0 bridgehead atoms. The van der Waals surface area contributed by atoms with Crippen LogP contribution in [0.5, 0.6) is 0 Å². The number of rotatable bonds is 0. The second kappa shape index (κ2) is 2.80. The highest BCUT2D eigenvalue weighted by molar-refractivity contribution is 9.10. The average molecular weight is 200 g/mol. The van der Waals surface area contributed by atoms with Crippen molar-refractivity contribution >= 4 is 15.9 Å². The highest BCUT2D eigenvalue weighted by Crippen LogP contribution is 2.16. The van der Waals surface area contributed by atoms with Crippen LogP contribution in [0.15, 0.2) is 16.7 Å². The second-order valence-electron chi connectivity index (χ2n) is 1.63. The molecule has 0 aromatic carbocycles. The van der Waals surface area contributed by atoms with Crippen molar-refractivity contribution in [2.45, 2.75) is 6.85 Å². The Labute approximate surface area is 71.9 Å². The lowest BCUT2D eigenvalue weighted by molar-refractivity contribution is 1.17. The van der Waals surface area contributed by atoms with Gasteiger partial charge in [-0.1, -0.05) is 0 Å². The van der Waals surface area contributed by atoms with E-state index < -0.39 is 6.85 Å². The van der Waals surface area contributed by atoms with E-state index in [1.165, 1.54) is 12.3 Å². The predicted octanol–water partition coefficient (Wildman–Crippen LogP) is 2.02. The molecule has 1 aromatic rings. The number of aryl methyl sites for hydroxylation is 1. The first kappa shape index (κ1) is 4.09. The van der Waals surface area contributed by atoms with Gasteiger partial charge in [-0.05, 0) is 28.8 Å². The van der Waals surface area contributed by atoms with Gasteiger partial charge in [0.25, 0.3) is 0 Å². The molecule has 3 heteroatoms. The standard InChI is InChI=1S/C7H5BrN2/c1-5-6(4-9)7(8)2-3-10-5/h2-3H,1H3/i1D3. The van der Waals surface area contributed by atoms with E-state index in [0.29, 0.717) is 4.47 Å². The van der Waals surface area contributed by atoms with Gasteiger partial charge >= 0.3 is 0 Å². The van der Waals surface area contributed by atoms with Gasteiger partial charge in [0, 0.05) is 14.8 Å². The zero-order valence-corrected chi connectivity index (χ0v) is 6.51.